The maximum Gasteiger partial charge on any atom is 0.311 e. The lowest BCUT2D eigenvalue weighted by molar-refractivity contribution is -0.384. The highest BCUT2D eigenvalue weighted by Gasteiger charge is 2.30. The van der Waals surface area contributed by atoms with Crippen molar-refractivity contribution in [3.63, 3.8) is 0 Å². The van der Waals surface area contributed by atoms with E-state index in [-0.39, 0.29) is 29.3 Å². The Bertz CT molecular complexity index is 451. The molecule has 98 valence electrons. The van der Waals surface area contributed by atoms with E-state index in [1.165, 1.54) is 12.1 Å². The highest BCUT2D eigenvalue weighted by Crippen LogP contribution is 2.34. The summed E-state index contributed by atoms with van der Waals surface area (Å²) in [4.78, 5) is 16.4. The van der Waals surface area contributed by atoms with Crippen molar-refractivity contribution in [1.82, 2.24) is 4.98 Å². The van der Waals surface area contributed by atoms with Crippen LogP contribution in [0.4, 0.5) is 11.5 Å². The van der Waals surface area contributed by atoms with Crippen molar-refractivity contribution in [2.24, 2.45) is 0 Å². The van der Waals surface area contributed by atoms with Crippen LogP contribution in [0.25, 0.3) is 0 Å². The lowest BCUT2D eigenvalue weighted by Gasteiger charge is -2.37. The van der Waals surface area contributed by atoms with E-state index in [0.29, 0.717) is 6.54 Å². The lowest BCUT2D eigenvalue weighted by atomic mass is 9.91. The molecule has 0 bridgehead atoms. The molecule has 0 atom stereocenters. The second-order valence-corrected chi connectivity index (χ2v) is 4.62. The Morgan fingerprint density at radius 1 is 1.56 bits per heavy atom. The number of pyridine rings is 1. The van der Waals surface area contributed by atoms with Gasteiger partial charge >= 0.3 is 5.69 Å². The molecule has 1 aromatic heterocycles. The number of anilines is 1. The number of aliphatic hydroxyl groups is 1. The van der Waals surface area contributed by atoms with Crippen LogP contribution in [-0.2, 0) is 0 Å². The van der Waals surface area contributed by atoms with Crippen molar-refractivity contribution in [2.45, 2.75) is 25.3 Å². The first-order valence-corrected chi connectivity index (χ1v) is 6.19. The van der Waals surface area contributed by atoms with Crippen LogP contribution in [0.2, 0.25) is 5.15 Å². The van der Waals surface area contributed by atoms with Gasteiger partial charge in [-0.1, -0.05) is 11.6 Å². The Morgan fingerprint density at radius 3 is 2.78 bits per heavy atom. The molecule has 0 aliphatic heterocycles. The van der Waals surface area contributed by atoms with Crippen molar-refractivity contribution in [1.29, 1.82) is 0 Å². The van der Waals surface area contributed by atoms with Gasteiger partial charge in [-0.05, 0) is 25.3 Å². The molecule has 1 heterocycles. The molecule has 1 saturated carbocycles. The SMILES string of the molecule is O=[N+]([O-])c1ccc(Cl)nc1N(CCO)C1CCC1. The summed E-state index contributed by atoms with van der Waals surface area (Å²) in [6.07, 6.45) is 3.03. The van der Waals surface area contributed by atoms with E-state index in [4.69, 9.17) is 16.7 Å². The quantitative estimate of drug-likeness (QED) is 0.503. The van der Waals surface area contributed by atoms with Crippen molar-refractivity contribution in [3.8, 4) is 0 Å². The highest BCUT2D eigenvalue weighted by atomic mass is 35.5. The molecular formula is C11H14ClN3O3. The van der Waals surface area contributed by atoms with Gasteiger partial charge in [-0.3, -0.25) is 10.1 Å². The first kappa shape index (κ1) is 13.0. The van der Waals surface area contributed by atoms with Gasteiger partial charge in [-0.2, -0.15) is 0 Å². The molecule has 1 aromatic rings. The van der Waals surface area contributed by atoms with Crippen LogP contribution < -0.4 is 4.90 Å². The van der Waals surface area contributed by atoms with Gasteiger partial charge in [-0.15, -0.1) is 0 Å². The van der Waals surface area contributed by atoms with Gasteiger partial charge in [0.25, 0.3) is 0 Å². The van der Waals surface area contributed by atoms with Gasteiger partial charge in [0.05, 0.1) is 11.5 Å². The average molecular weight is 272 g/mol. The van der Waals surface area contributed by atoms with Gasteiger partial charge in [0.1, 0.15) is 5.15 Å². The summed E-state index contributed by atoms with van der Waals surface area (Å²) in [5, 5.41) is 20.3. The first-order valence-electron chi connectivity index (χ1n) is 5.82. The molecule has 6 nitrogen and oxygen atoms in total. The van der Waals surface area contributed by atoms with Crippen LogP contribution in [0.5, 0.6) is 0 Å². The van der Waals surface area contributed by atoms with E-state index in [2.05, 4.69) is 4.98 Å². The van der Waals surface area contributed by atoms with Crippen molar-refractivity contribution >= 4 is 23.1 Å². The average Bonchev–Trinajstić information content (AvgIpc) is 2.25. The van der Waals surface area contributed by atoms with Crippen LogP contribution in [-0.4, -0.2) is 34.2 Å². The summed E-state index contributed by atoms with van der Waals surface area (Å²) in [6.45, 7) is 0.265. The second kappa shape index (κ2) is 5.49. The molecule has 0 amide bonds. The summed E-state index contributed by atoms with van der Waals surface area (Å²) in [5.41, 5.74) is -0.0697. The fraction of sp³-hybridized carbons (Fsp3) is 0.545. The van der Waals surface area contributed by atoms with Crippen LogP contribution in [0.1, 0.15) is 19.3 Å². The molecule has 1 aliphatic carbocycles. The van der Waals surface area contributed by atoms with Crippen LogP contribution in [0.3, 0.4) is 0 Å². The Balaban J connectivity index is 2.37. The van der Waals surface area contributed by atoms with Crippen LogP contribution in [0, 0.1) is 10.1 Å². The molecule has 0 radical (unpaired) electrons. The summed E-state index contributed by atoms with van der Waals surface area (Å²) in [7, 11) is 0. The fourth-order valence-corrected chi connectivity index (χ4v) is 2.18. The van der Waals surface area contributed by atoms with Crippen molar-refractivity contribution < 1.29 is 10.0 Å². The number of aromatic nitrogens is 1. The smallest absolute Gasteiger partial charge is 0.311 e. The third-order valence-electron chi connectivity index (χ3n) is 3.15. The predicted molar refractivity (Wildman–Crippen MR) is 68.0 cm³/mol. The molecule has 0 saturated heterocycles. The summed E-state index contributed by atoms with van der Waals surface area (Å²) in [6, 6.07) is 2.97. The Labute approximate surface area is 109 Å². The van der Waals surface area contributed by atoms with E-state index < -0.39 is 4.92 Å². The number of hydrogen-bond donors (Lipinski definition) is 1. The molecule has 0 aromatic carbocycles. The Morgan fingerprint density at radius 2 is 2.28 bits per heavy atom. The number of aliphatic hydroxyl groups excluding tert-OH is 1. The number of nitro groups is 1. The van der Waals surface area contributed by atoms with Gasteiger partial charge < -0.3 is 10.0 Å². The third-order valence-corrected chi connectivity index (χ3v) is 3.36. The molecule has 2 rings (SSSR count). The molecule has 18 heavy (non-hydrogen) atoms. The van der Waals surface area contributed by atoms with E-state index in [0.717, 1.165) is 19.3 Å². The maximum atomic E-state index is 11.0. The summed E-state index contributed by atoms with van der Waals surface area (Å²) < 4.78 is 0. The molecule has 0 spiro atoms. The lowest BCUT2D eigenvalue weighted by Crippen LogP contribution is -2.42. The Kier molecular flexibility index (Phi) is 3.98. The summed E-state index contributed by atoms with van der Waals surface area (Å²) in [5.74, 6) is 0.256. The van der Waals surface area contributed by atoms with Gasteiger partial charge in [-0.25, -0.2) is 4.98 Å². The number of nitrogens with zero attached hydrogens (tertiary/aromatic N) is 3. The van der Waals surface area contributed by atoms with Crippen molar-refractivity contribution in [3.05, 3.63) is 27.4 Å². The third kappa shape index (κ3) is 2.54. The number of halogens is 1. The van der Waals surface area contributed by atoms with Gasteiger partial charge in [0, 0.05) is 18.7 Å². The number of hydrogen-bond acceptors (Lipinski definition) is 5. The van der Waals surface area contributed by atoms with Crippen molar-refractivity contribution in [2.75, 3.05) is 18.1 Å². The van der Waals surface area contributed by atoms with Crippen LogP contribution in [0.15, 0.2) is 12.1 Å². The first-order chi connectivity index (χ1) is 8.63. The molecule has 0 unspecified atom stereocenters. The minimum Gasteiger partial charge on any atom is -0.395 e. The molecule has 1 aliphatic rings. The normalized spacial score (nSPS) is 15.2. The Hall–Kier alpha value is -1.40. The van der Waals surface area contributed by atoms with Gasteiger partial charge in [0.15, 0.2) is 0 Å². The van der Waals surface area contributed by atoms with E-state index in [1.807, 2.05) is 0 Å². The van der Waals surface area contributed by atoms with E-state index in [9.17, 15) is 10.1 Å². The monoisotopic (exact) mass is 271 g/mol. The largest absolute Gasteiger partial charge is 0.395 e. The minimum atomic E-state index is -0.471. The van der Waals surface area contributed by atoms with E-state index >= 15 is 0 Å². The van der Waals surface area contributed by atoms with Crippen LogP contribution >= 0.6 is 11.6 Å². The zero-order valence-corrected chi connectivity index (χ0v) is 10.5. The zero-order valence-electron chi connectivity index (χ0n) is 9.75. The highest BCUT2D eigenvalue weighted by molar-refractivity contribution is 6.29. The topological polar surface area (TPSA) is 79.5 Å². The molecule has 1 N–H and O–H groups in total. The van der Waals surface area contributed by atoms with E-state index in [1.54, 1.807) is 4.90 Å². The minimum absolute atomic E-state index is 0.0676. The molecule has 7 heteroatoms. The standard InChI is InChI=1S/C11H14ClN3O3/c12-10-5-4-9(15(17)18)11(13-10)14(6-7-16)8-2-1-3-8/h4-5,8,16H,1-3,6-7H2. The second-order valence-electron chi connectivity index (χ2n) is 4.24. The fourth-order valence-electron chi connectivity index (χ4n) is 2.04. The molecule has 1 fully saturated rings. The van der Waals surface area contributed by atoms with Gasteiger partial charge in [0.2, 0.25) is 5.82 Å². The zero-order chi connectivity index (χ0) is 13.1. The molecular weight excluding hydrogens is 258 g/mol. The summed E-state index contributed by atoms with van der Waals surface area (Å²) >= 11 is 5.81. The predicted octanol–water partition coefficient (Wildman–Crippen LogP) is 1.99. The maximum absolute atomic E-state index is 11.0. The number of rotatable bonds is 5.